The average molecular weight is 380 g/mol. The van der Waals surface area contributed by atoms with Gasteiger partial charge in [-0.25, -0.2) is 14.4 Å². The van der Waals surface area contributed by atoms with Gasteiger partial charge in [0.2, 0.25) is 5.95 Å². The van der Waals surface area contributed by atoms with Gasteiger partial charge in [-0.05, 0) is 30.2 Å². The van der Waals surface area contributed by atoms with Crippen LogP contribution in [0.15, 0.2) is 60.9 Å². The van der Waals surface area contributed by atoms with Crippen molar-refractivity contribution in [1.29, 1.82) is 0 Å². The molecular formula is C21H21FN4O2. The van der Waals surface area contributed by atoms with Crippen LogP contribution in [0.2, 0.25) is 0 Å². The topological polar surface area (TPSA) is 76.1 Å². The number of rotatable bonds is 8. The second kappa shape index (κ2) is 9.45. The number of ether oxygens (including phenoxy) is 1. The Kier molecular flexibility index (Phi) is 6.51. The van der Waals surface area contributed by atoms with E-state index >= 15 is 0 Å². The number of anilines is 1. The summed E-state index contributed by atoms with van der Waals surface area (Å²) >= 11 is 0. The molecule has 0 atom stereocenters. The summed E-state index contributed by atoms with van der Waals surface area (Å²) in [6.07, 6.45) is 3.67. The number of nitrogens with zero attached hydrogens (tertiary/aromatic N) is 2. The van der Waals surface area contributed by atoms with E-state index in [4.69, 9.17) is 4.74 Å². The van der Waals surface area contributed by atoms with Crippen LogP contribution in [-0.4, -0.2) is 29.5 Å². The maximum atomic E-state index is 13.6. The van der Waals surface area contributed by atoms with Crippen LogP contribution in [0.25, 0.3) is 0 Å². The molecule has 0 radical (unpaired) electrons. The maximum Gasteiger partial charge on any atom is 0.254 e. The molecule has 0 aliphatic carbocycles. The van der Waals surface area contributed by atoms with Crippen molar-refractivity contribution in [3.05, 3.63) is 83.4 Å². The largest absolute Gasteiger partial charge is 0.497 e. The van der Waals surface area contributed by atoms with Gasteiger partial charge in [-0.1, -0.05) is 30.3 Å². The van der Waals surface area contributed by atoms with Crippen molar-refractivity contribution in [2.75, 3.05) is 19.0 Å². The number of hydrogen-bond acceptors (Lipinski definition) is 5. The van der Waals surface area contributed by atoms with Crippen LogP contribution >= 0.6 is 0 Å². The van der Waals surface area contributed by atoms with Gasteiger partial charge in [-0.2, -0.15) is 0 Å². The summed E-state index contributed by atoms with van der Waals surface area (Å²) in [5.41, 5.74) is 1.87. The standard InChI is InChI=1S/C21H21FN4O2/c1-28-18-7-4-5-15(11-18)9-10-23-21-25-13-17(14-26-21)20(27)24-12-16-6-2-3-8-19(16)22/h2-8,11,13-14H,9-10,12H2,1H3,(H,24,27)(H,23,25,26). The number of aromatic nitrogens is 2. The lowest BCUT2D eigenvalue weighted by Crippen LogP contribution is -2.23. The molecule has 3 rings (SSSR count). The second-order valence-corrected chi connectivity index (χ2v) is 6.10. The Hall–Kier alpha value is -3.48. The van der Waals surface area contributed by atoms with E-state index in [1.54, 1.807) is 25.3 Å². The van der Waals surface area contributed by atoms with Gasteiger partial charge in [0.15, 0.2) is 0 Å². The van der Waals surface area contributed by atoms with E-state index < -0.39 is 0 Å². The van der Waals surface area contributed by atoms with Crippen LogP contribution in [0.4, 0.5) is 10.3 Å². The summed E-state index contributed by atoms with van der Waals surface area (Å²) in [5, 5.41) is 5.78. The molecule has 0 aliphatic rings. The van der Waals surface area contributed by atoms with Crippen molar-refractivity contribution in [1.82, 2.24) is 15.3 Å². The van der Waals surface area contributed by atoms with Crippen LogP contribution < -0.4 is 15.4 Å². The van der Waals surface area contributed by atoms with E-state index in [0.29, 0.717) is 23.6 Å². The van der Waals surface area contributed by atoms with Crippen molar-refractivity contribution in [3.8, 4) is 5.75 Å². The van der Waals surface area contributed by atoms with E-state index in [9.17, 15) is 9.18 Å². The summed E-state index contributed by atoms with van der Waals surface area (Å²) < 4.78 is 18.8. The van der Waals surface area contributed by atoms with Crippen LogP contribution in [-0.2, 0) is 13.0 Å². The molecule has 2 N–H and O–H groups in total. The Morgan fingerprint density at radius 1 is 1.11 bits per heavy atom. The fourth-order valence-corrected chi connectivity index (χ4v) is 2.60. The highest BCUT2D eigenvalue weighted by atomic mass is 19.1. The predicted octanol–water partition coefficient (Wildman–Crippen LogP) is 3.21. The molecule has 2 aromatic carbocycles. The SMILES string of the molecule is COc1cccc(CCNc2ncc(C(=O)NCc3ccccc3F)cn2)c1. The number of amides is 1. The number of carbonyl (C=O) groups excluding carboxylic acids is 1. The Morgan fingerprint density at radius 2 is 1.89 bits per heavy atom. The maximum absolute atomic E-state index is 13.6. The second-order valence-electron chi connectivity index (χ2n) is 6.10. The van der Waals surface area contributed by atoms with Gasteiger partial charge in [0.05, 0.1) is 12.7 Å². The third-order valence-electron chi connectivity index (χ3n) is 4.14. The molecule has 144 valence electrons. The van der Waals surface area contributed by atoms with Crippen molar-refractivity contribution < 1.29 is 13.9 Å². The van der Waals surface area contributed by atoms with E-state index in [-0.39, 0.29) is 18.3 Å². The minimum absolute atomic E-state index is 0.103. The summed E-state index contributed by atoms with van der Waals surface area (Å²) in [6, 6.07) is 14.2. The lowest BCUT2D eigenvalue weighted by atomic mass is 10.1. The fourth-order valence-electron chi connectivity index (χ4n) is 2.60. The normalized spacial score (nSPS) is 10.4. The molecule has 0 aliphatic heterocycles. The van der Waals surface area contributed by atoms with E-state index in [0.717, 1.165) is 17.7 Å². The molecule has 0 fully saturated rings. The van der Waals surface area contributed by atoms with Crippen molar-refractivity contribution in [2.45, 2.75) is 13.0 Å². The number of benzene rings is 2. The molecule has 3 aromatic rings. The van der Waals surface area contributed by atoms with Crippen LogP contribution in [0.5, 0.6) is 5.75 Å². The Morgan fingerprint density at radius 3 is 2.64 bits per heavy atom. The molecule has 1 heterocycles. The quantitative estimate of drug-likeness (QED) is 0.628. The number of carbonyl (C=O) groups is 1. The summed E-state index contributed by atoms with van der Waals surface area (Å²) in [7, 11) is 1.64. The first-order valence-electron chi connectivity index (χ1n) is 8.86. The van der Waals surface area contributed by atoms with E-state index in [1.807, 2.05) is 24.3 Å². The summed E-state index contributed by atoms with van der Waals surface area (Å²) in [6.45, 7) is 0.748. The lowest BCUT2D eigenvalue weighted by molar-refractivity contribution is 0.0950. The smallest absolute Gasteiger partial charge is 0.254 e. The lowest BCUT2D eigenvalue weighted by Gasteiger charge is -2.08. The first kappa shape index (κ1) is 19.3. The highest BCUT2D eigenvalue weighted by Gasteiger charge is 2.08. The van der Waals surface area contributed by atoms with Gasteiger partial charge in [-0.3, -0.25) is 4.79 Å². The molecule has 0 spiro atoms. The molecule has 0 saturated carbocycles. The Bertz CT molecular complexity index is 932. The van der Waals surface area contributed by atoms with Crippen LogP contribution in [0.3, 0.4) is 0 Å². The van der Waals surface area contributed by atoms with Gasteiger partial charge in [0.1, 0.15) is 11.6 Å². The number of hydrogen-bond donors (Lipinski definition) is 2. The zero-order chi connectivity index (χ0) is 19.8. The van der Waals surface area contributed by atoms with Crippen LogP contribution in [0.1, 0.15) is 21.5 Å². The number of halogens is 1. The predicted molar refractivity (Wildman–Crippen MR) is 105 cm³/mol. The molecule has 28 heavy (non-hydrogen) atoms. The third-order valence-corrected chi connectivity index (χ3v) is 4.14. The Labute approximate surface area is 162 Å². The molecule has 0 unspecified atom stereocenters. The van der Waals surface area contributed by atoms with Gasteiger partial charge < -0.3 is 15.4 Å². The van der Waals surface area contributed by atoms with Crippen LogP contribution in [0, 0.1) is 5.82 Å². The first-order valence-corrected chi connectivity index (χ1v) is 8.86. The monoisotopic (exact) mass is 380 g/mol. The number of nitrogens with one attached hydrogen (secondary N) is 2. The minimum atomic E-state index is -0.355. The molecule has 0 saturated heterocycles. The van der Waals surface area contributed by atoms with Gasteiger partial charge in [-0.15, -0.1) is 0 Å². The summed E-state index contributed by atoms with van der Waals surface area (Å²) in [4.78, 5) is 20.5. The zero-order valence-electron chi connectivity index (χ0n) is 15.5. The first-order chi connectivity index (χ1) is 13.7. The molecular weight excluding hydrogens is 359 g/mol. The van der Waals surface area contributed by atoms with Gasteiger partial charge in [0, 0.05) is 31.0 Å². The molecule has 0 bridgehead atoms. The Balaban J connectivity index is 1.48. The highest BCUT2D eigenvalue weighted by Crippen LogP contribution is 2.13. The molecule has 7 heteroatoms. The van der Waals surface area contributed by atoms with Crippen molar-refractivity contribution >= 4 is 11.9 Å². The number of methoxy groups -OCH3 is 1. The fraction of sp³-hybridized carbons (Fsp3) is 0.190. The highest BCUT2D eigenvalue weighted by molar-refractivity contribution is 5.93. The van der Waals surface area contributed by atoms with Gasteiger partial charge in [0.25, 0.3) is 5.91 Å². The van der Waals surface area contributed by atoms with Crippen molar-refractivity contribution in [2.24, 2.45) is 0 Å². The summed E-state index contributed by atoms with van der Waals surface area (Å²) in [5.74, 6) is 0.550. The minimum Gasteiger partial charge on any atom is -0.497 e. The van der Waals surface area contributed by atoms with E-state index in [1.165, 1.54) is 18.5 Å². The van der Waals surface area contributed by atoms with Crippen molar-refractivity contribution in [3.63, 3.8) is 0 Å². The van der Waals surface area contributed by atoms with E-state index in [2.05, 4.69) is 20.6 Å². The molecule has 1 amide bonds. The molecule has 6 nitrogen and oxygen atoms in total. The van der Waals surface area contributed by atoms with Gasteiger partial charge >= 0.3 is 0 Å². The third kappa shape index (κ3) is 5.26. The zero-order valence-corrected chi connectivity index (χ0v) is 15.5. The average Bonchev–Trinajstić information content (AvgIpc) is 2.73. The molecule has 1 aromatic heterocycles.